The van der Waals surface area contributed by atoms with Gasteiger partial charge in [0.1, 0.15) is 5.76 Å². The first-order valence-corrected chi connectivity index (χ1v) is 11.5. The van der Waals surface area contributed by atoms with Crippen molar-refractivity contribution in [2.45, 2.75) is 12.6 Å². The molecule has 5 heteroatoms. The summed E-state index contributed by atoms with van der Waals surface area (Å²) in [5.74, 6) is 1.49. The minimum absolute atomic E-state index is 0. The first-order valence-electron chi connectivity index (χ1n) is 10.1. The van der Waals surface area contributed by atoms with Crippen LogP contribution in [0.15, 0.2) is 106 Å². The van der Waals surface area contributed by atoms with Crippen LogP contribution in [-0.4, -0.2) is 0 Å². The van der Waals surface area contributed by atoms with E-state index in [1.165, 1.54) is 33.1 Å². The first-order chi connectivity index (χ1) is 14.3. The predicted molar refractivity (Wildman–Crippen MR) is 123 cm³/mol. The maximum Gasteiger partial charge on any atom is 2.00 e. The SMILES string of the molecule is CC1=CC2C=CC=C2P1C1C(c2ccco2)=Cc2cc(-c3ccccc3)ccc21.[Cl-].[Cl-].[Zr+2]. The molecule has 2 aliphatic carbocycles. The van der Waals surface area contributed by atoms with Gasteiger partial charge in [-0.1, -0.05) is 66.8 Å². The molecule has 3 aromatic rings. The molecule has 2 heterocycles. The molecule has 0 fully saturated rings. The average molecular weight is 555 g/mol. The van der Waals surface area contributed by atoms with Crippen molar-refractivity contribution in [1.29, 1.82) is 0 Å². The van der Waals surface area contributed by atoms with Crippen molar-refractivity contribution < 1.29 is 55.4 Å². The van der Waals surface area contributed by atoms with Crippen LogP contribution in [0.1, 0.15) is 29.5 Å². The van der Waals surface area contributed by atoms with Gasteiger partial charge in [0, 0.05) is 17.2 Å². The van der Waals surface area contributed by atoms with Gasteiger partial charge in [0.05, 0.1) is 6.26 Å². The van der Waals surface area contributed by atoms with Gasteiger partial charge in [0.15, 0.2) is 0 Å². The fourth-order valence-corrected chi connectivity index (χ4v) is 8.02. The Kier molecular flexibility index (Phi) is 8.06. The van der Waals surface area contributed by atoms with Crippen molar-refractivity contribution in [3.05, 3.63) is 119 Å². The molecule has 0 N–H and O–H groups in total. The van der Waals surface area contributed by atoms with Crippen molar-refractivity contribution in [1.82, 2.24) is 0 Å². The van der Waals surface area contributed by atoms with Crippen LogP contribution in [0.25, 0.3) is 22.8 Å². The van der Waals surface area contributed by atoms with Crippen LogP contribution in [0.5, 0.6) is 0 Å². The number of hydrogen-bond donors (Lipinski definition) is 0. The Hall–Kier alpha value is -1.43. The second-order valence-electron chi connectivity index (χ2n) is 7.87. The molecule has 2 aromatic carbocycles. The molecule has 0 saturated carbocycles. The molecular weight excluding hydrogens is 533 g/mol. The monoisotopic (exact) mass is 552 g/mol. The van der Waals surface area contributed by atoms with E-state index in [1.807, 2.05) is 6.07 Å². The maximum absolute atomic E-state index is 5.89. The van der Waals surface area contributed by atoms with E-state index in [0.29, 0.717) is 11.6 Å². The smallest absolute Gasteiger partial charge is 1.00 e. The molecule has 0 spiro atoms. The molecule has 1 aromatic heterocycles. The largest absolute Gasteiger partial charge is 2.00 e. The fraction of sp³-hybridized carbons (Fsp3) is 0.111. The van der Waals surface area contributed by atoms with Gasteiger partial charge in [0.2, 0.25) is 0 Å². The zero-order valence-electron chi connectivity index (χ0n) is 17.5. The zero-order valence-corrected chi connectivity index (χ0v) is 22.4. The summed E-state index contributed by atoms with van der Waals surface area (Å²) in [5.41, 5.74) is 6.98. The molecule has 0 bridgehead atoms. The minimum Gasteiger partial charge on any atom is -1.00 e. The molecule has 32 heavy (non-hydrogen) atoms. The summed E-state index contributed by atoms with van der Waals surface area (Å²) in [7, 11) is -0.411. The topological polar surface area (TPSA) is 13.1 Å². The summed E-state index contributed by atoms with van der Waals surface area (Å²) in [6.45, 7) is 2.31. The molecule has 1 aliphatic heterocycles. The van der Waals surface area contributed by atoms with Crippen molar-refractivity contribution in [2.75, 3.05) is 0 Å². The number of rotatable bonds is 3. The summed E-state index contributed by atoms with van der Waals surface area (Å²) >= 11 is 0. The second-order valence-corrected chi connectivity index (χ2v) is 10.3. The van der Waals surface area contributed by atoms with Crippen molar-refractivity contribution in [2.24, 2.45) is 5.92 Å². The molecule has 3 aliphatic rings. The van der Waals surface area contributed by atoms with E-state index in [0.717, 1.165) is 5.76 Å². The Bertz CT molecular complexity index is 1230. The summed E-state index contributed by atoms with van der Waals surface area (Å²) in [5, 5.41) is 3.11. The number of benzene rings is 2. The third kappa shape index (κ3) is 4.12. The van der Waals surface area contributed by atoms with Crippen LogP contribution < -0.4 is 24.8 Å². The molecule has 3 unspecified atom stereocenters. The number of allylic oxidation sites excluding steroid dienone is 7. The van der Waals surface area contributed by atoms with Gasteiger partial charge in [-0.3, -0.25) is 0 Å². The van der Waals surface area contributed by atoms with E-state index in [-0.39, 0.29) is 51.0 Å². The standard InChI is InChI=1S/C27H21OP.2ClH.Zr/c1-18-15-21-9-5-11-26(21)29(18)27-23-13-12-20(19-7-3-2-4-8-19)16-22(23)17-24(27)25-10-6-14-28-25;;;/h2-17,21,27H,1H3;2*1H;/q;;;+2/p-2. The van der Waals surface area contributed by atoms with Gasteiger partial charge in [-0.25, -0.2) is 0 Å². The maximum atomic E-state index is 5.89. The van der Waals surface area contributed by atoms with Gasteiger partial charge < -0.3 is 29.2 Å². The van der Waals surface area contributed by atoms with E-state index in [4.69, 9.17) is 4.42 Å². The van der Waals surface area contributed by atoms with Crippen LogP contribution in [0, 0.1) is 5.92 Å². The van der Waals surface area contributed by atoms with E-state index in [2.05, 4.69) is 91.9 Å². The predicted octanol–water partition coefficient (Wildman–Crippen LogP) is 2.02. The van der Waals surface area contributed by atoms with Gasteiger partial charge in [0.25, 0.3) is 0 Å². The van der Waals surface area contributed by atoms with Crippen molar-refractivity contribution in [3.8, 4) is 11.1 Å². The van der Waals surface area contributed by atoms with E-state index < -0.39 is 7.92 Å². The van der Waals surface area contributed by atoms with Crippen LogP contribution in [0.2, 0.25) is 0 Å². The Balaban J connectivity index is 0.000000963. The van der Waals surface area contributed by atoms with Gasteiger partial charge >= 0.3 is 26.2 Å². The Labute approximate surface area is 222 Å². The van der Waals surface area contributed by atoms with E-state index in [9.17, 15) is 0 Å². The molecule has 1 nitrogen and oxygen atoms in total. The molecule has 0 saturated heterocycles. The number of furan rings is 1. The molecular formula is C27H21Cl2OPZr. The third-order valence-corrected chi connectivity index (χ3v) is 9.15. The first kappa shape index (κ1) is 25.2. The minimum atomic E-state index is -0.411. The number of hydrogen-bond acceptors (Lipinski definition) is 1. The number of halogens is 2. The normalized spacial score (nSPS) is 21.9. The number of fused-ring (bicyclic) bond motifs is 2. The quantitative estimate of drug-likeness (QED) is 0.452. The van der Waals surface area contributed by atoms with Gasteiger partial charge in [-0.2, -0.15) is 0 Å². The van der Waals surface area contributed by atoms with Crippen LogP contribution in [0.4, 0.5) is 0 Å². The van der Waals surface area contributed by atoms with Crippen LogP contribution >= 0.6 is 7.92 Å². The van der Waals surface area contributed by atoms with Crippen LogP contribution in [0.3, 0.4) is 0 Å². The van der Waals surface area contributed by atoms with E-state index >= 15 is 0 Å². The summed E-state index contributed by atoms with van der Waals surface area (Å²) in [6.07, 6.45) is 13.5. The Morgan fingerprint density at radius 3 is 2.47 bits per heavy atom. The molecule has 158 valence electrons. The summed E-state index contributed by atoms with van der Waals surface area (Å²) in [6, 6.07) is 21.7. The van der Waals surface area contributed by atoms with Crippen LogP contribution in [-0.2, 0) is 26.2 Å². The second kappa shape index (κ2) is 10.2. The van der Waals surface area contributed by atoms with Crippen molar-refractivity contribution in [3.63, 3.8) is 0 Å². The Morgan fingerprint density at radius 1 is 0.906 bits per heavy atom. The average Bonchev–Trinajstić information content (AvgIpc) is 3.52. The molecule has 0 amide bonds. The molecule has 0 radical (unpaired) electrons. The zero-order chi connectivity index (χ0) is 19.4. The summed E-state index contributed by atoms with van der Waals surface area (Å²) < 4.78 is 5.89. The third-order valence-electron chi connectivity index (χ3n) is 6.16. The van der Waals surface area contributed by atoms with E-state index in [1.54, 1.807) is 11.6 Å². The molecule has 3 atom stereocenters. The summed E-state index contributed by atoms with van der Waals surface area (Å²) in [4.78, 5) is 0. The van der Waals surface area contributed by atoms with Gasteiger partial charge in [-0.05, 0) is 72.0 Å². The fourth-order valence-electron chi connectivity index (χ4n) is 4.86. The van der Waals surface area contributed by atoms with Crippen molar-refractivity contribution >= 4 is 19.6 Å². The Morgan fingerprint density at radius 2 is 1.72 bits per heavy atom. The van der Waals surface area contributed by atoms with Gasteiger partial charge in [-0.15, -0.1) is 0 Å². The molecule has 6 rings (SSSR count).